The molecule has 0 aliphatic rings. The summed E-state index contributed by atoms with van der Waals surface area (Å²) < 4.78 is 3.81. The molecule has 10 aromatic rings. The third-order valence-electron chi connectivity index (χ3n) is 8.91. The topological polar surface area (TPSA) is 51.6 Å². The molecule has 10 rings (SSSR count). The van der Waals surface area contributed by atoms with E-state index in [2.05, 4.69) is 127 Å². The van der Waals surface area contributed by atoms with E-state index in [4.69, 9.17) is 19.9 Å². The van der Waals surface area contributed by atoms with E-state index >= 15 is 0 Å². The Morgan fingerprint density at radius 2 is 1.06 bits per heavy atom. The molecule has 0 aliphatic carbocycles. The monoisotopic (exact) mass is 696 g/mol. The summed E-state index contributed by atoms with van der Waals surface area (Å²) in [5.74, 6) is 2.00. The quantitative estimate of drug-likeness (QED) is 0.172. The summed E-state index contributed by atoms with van der Waals surface area (Å²) in [6.45, 7) is 0. The van der Waals surface area contributed by atoms with Gasteiger partial charge in [-0.15, -0.1) is 0 Å². The third-order valence-corrected chi connectivity index (χ3v) is 12.4. The van der Waals surface area contributed by atoms with Crippen molar-refractivity contribution in [2.24, 2.45) is 0 Å². The van der Waals surface area contributed by atoms with Crippen molar-refractivity contribution in [1.82, 2.24) is 19.9 Å². The third kappa shape index (κ3) is 4.57. The first-order valence-electron chi connectivity index (χ1n) is 15.8. The van der Waals surface area contributed by atoms with Crippen molar-refractivity contribution in [3.8, 4) is 44.7 Å². The Morgan fingerprint density at radius 1 is 0.458 bits per heavy atom. The first-order valence-corrected chi connectivity index (χ1v) is 18.3. The van der Waals surface area contributed by atoms with Crippen LogP contribution in [0, 0.1) is 0 Å². The minimum absolute atomic E-state index is 0.0709. The fourth-order valence-electron chi connectivity index (χ4n) is 6.56. The van der Waals surface area contributed by atoms with E-state index in [0.717, 1.165) is 42.9 Å². The van der Waals surface area contributed by atoms with Gasteiger partial charge in [0.2, 0.25) is 0 Å². The van der Waals surface area contributed by atoms with Crippen molar-refractivity contribution < 1.29 is 0 Å². The van der Waals surface area contributed by atoms with Gasteiger partial charge in [0.1, 0.15) is 0 Å². The number of rotatable bonds is 4. The van der Waals surface area contributed by atoms with Crippen LogP contribution in [0.15, 0.2) is 146 Å². The van der Waals surface area contributed by atoms with Crippen LogP contribution in [0.4, 0.5) is 0 Å². The van der Waals surface area contributed by atoms with E-state index in [0.29, 0.717) is 17.5 Å². The van der Waals surface area contributed by atoms with Crippen molar-refractivity contribution in [3.63, 3.8) is 0 Å². The zero-order valence-electron chi connectivity index (χ0n) is 25.5. The summed E-state index contributed by atoms with van der Waals surface area (Å²) in [6, 6.07) is 51.2. The van der Waals surface area contributed by atoms with Gasteiger partial charge in [0.15, 0.2) is 0 Å². The number of benzene rings is 7. The predicted molar refractivity (Wildman–Crippen MR) is 202 cm³/mol. The summed E-state index contributed by atoms with van der Waals surface area (Å²) in [7, 11) is 0. The Morgan fingerprint density at radius 3 is 1.81 bits per heavy atom. The average molecular weight is 696 g/mol. The molecular weight excluding hydrogens is 672 g/mol. The minimum atomic E-state index is 0.0709. The standard InChI is InChI=1S/C42H24N4SSe/c1-3-12-26(13-4-1)39-44-40(31-20-19-25-11-7-8-16-28(25)21-31)46-41(45-39)33-24-34-37(43-42(47-34)27-14-5-2-6-15-27)38-36(33)32-22-29-17-9-10-18-30(29)23-35(32)48-38/h1-24H. The number of hydrogen-bond donors (Lipinski definition) is 0. The maximum atomic E-state index is 5.28. The van der Waals surface area contributed by atoms with E-state index < -0.39 is 0 Å². The van der Waals surface area contributed by atoms with E-state index in [1.54, 1.807) is 11.3 Å². The molecule has 0 atom stereocenters. The van der Waals surface area contributed by atoms with Crippen molar-refractivity contribution in [2.45, 2.75) is 0 Å². The normalized spacial score (nSPS) is 11.8. The molecular formula is C42H24N4SSe. The van der Waals surface area contributed by atoms with Crippen LogP contribution in [0.2, 0.25) is 0 Å². The first kappa shape index (κ1) is 27.6. The van der Waals surface area contributed by atoms with Crippen LogP contribution in [-0.4, -0.2) is 34.4 Å². The molecule has 6 heteroatoms. The Balaban J connectivity index is 1.30. The number of hydrogen-bond acceptors (Lipinski definition) is 5. The second-order valence-corrected chi connectivity index (χ2v) is 15.1. The van der Waals surface area contributed by atoms with E-state index in [1.807, 2.05) is 18.2 Å². The second kappa shape index (κ2) is 11.0. The molecule has 0 aliphatic heterocycles. The van der Waals surface area contributed by atoms with Gasteiger partial charge in [0, 0.05) is 0 Å². The van der Waals surface area contributed by atoms with Crippen molar-refractivity contribution in [3.05, 3.63) is 146 Å². The number of fused-ring (bicyclic) bond motifs is 7. The summed E-state index contributed by atoms with van der Waals surface area (Å²) in [5.41, 5.74) is 5.17. The Hall–Kier alpha value is -5.52. The fraction of sp³-hybridized carbons (Fsp3) is 0. The number of aromatic nitrogens is 4. The molecule has 3 aromatic heterocycles. The Labute approximate surface area is 285 Å². The van der Waals surface area contributed by atoms with Gasteiger partial charge in [0.05, 0.1) is 0 Å². The first-order chi connectivity index (χ1) is 23.7. The molecule has 0 spiro atoms. The molecule has 48 heavy (non-hydrogen) atoms. The molecule has 0 saturated heterocycles. The van der Waals surface area contributed by atoms with Gasteiger partial charge in [-0.3, -0.25) is 0 Å². The molecule has 4 nitrogen and oxygen atoms in total. The molecule has 0 bridgehead atoms. The summed E-state index contributed by atoms with van der Waals surface area (Å²) in [5, 5.41) is 8.31. The van der Waals surface area contributed by atoms with Crippen molar-refractivity contribution in [2.75, 3.05) is 0 Å². The van der Waals surface area contributed by atoms with Gasteiger partial charge in [-0.25, -0.2) is 0 Å². The Kier molecular flexibility index (Phi) is 6.34. The molecule has 0 saturated carbocycles. The van der Waals surface area contributed by atoms with Crippen LogP contribution >= 0.6 is 11.3 Å². The van der Waals surface area contributed by atoms with Crippen molar-refractivity contribution in [1.29, 1.82) is 0 Å². The van der Waals surface area contributed by atoms with Crippen LogP contribution in [-0.2, 0) is 0 Å². The molecule has 224 valence electrons. The van der Waals surface area contributed by atoms with E-state index in [9.17, 15) is 0 Å². The van der Waals surface area contributed by atoms with Gasteiger partial charge >= 0.3 is 287 Å². The fourth-order valence-corrected chi connectivity index (χ4v) is 10.4. The zero-order valence-corrected chi connectivity index (χ0v) is 28.0. The SMILES string of the molecule is c1ccc(-c2nc(-c3ccc4ccccc4c3)nc(-c3cc4sc(-c5ccccc5)nc4c4[se]c5cc6ccccc6cc5c34)n2)cc1. The van der Waals surface area contributed by atoms with Gasteiger partial charge in [-0.2, -0.15) is 0 Å². The van der Waals surface area contributed by atoms with Gasteiger partial charge < -0.3 is 0 Å². The molecule has 0 fully saturated rings. The van der Waals surface area contributed by atoms with E-state index in [-0.39, 0.29) is 14.5 Å². The van der Waals surface area contributed by atoms with E-state index in [1.165, 1.54) is 35.5 Å². The molecule has 0 N–H and O–H groups in total. The summed E-state index contributed by atoms with van der Waals surface area (Å²) in [6.07, 6.45) is 0. The molecule has 3 heterocycles. The number of nitrogens with zero attached hydrogens (tertiary/aromatic N) is 4. The van der Waals surface area contributed by atoms with Crippen LogP contribution in [0.25, 0.3) is 95.8 Å². The van der Waals surface area contributed by atoms with Crippen LogP contribution in [0.3, 0.4) is 0 Å². The maximum absolute atomic E-state index is 5.28. The van der Waals surface area contributed by atoms with Crippen LogP contribution < -0.4 is 0 Å². The zero-order chi connectivity index (χ0) is 31.6. The average Bonchev–Trinajstić information content (AvgIpc) is 3.76. The Bertz CT molecular complexity index is 2840. The molecule has 0 radical (unpaired) electrons. The van der Waals surface area contributed by atoms with Crippen LogP contribution in [0.1, 0.15) is 0 Å². The summed E-state index contributed by atoms with van der Waals surface area (Å²) >= 11 is 1.81. The molecule has 7 aromatic carbocycles. The summed E-state index contributed by atoms with van der Waals surface area (Å²) in [4.78, 5) is 20.8. The van der Waals surface area contributed by atoms with Crippen molar-refractivity contribution >= 4 is 76.9 Å². The van der Waals surface area contributed by atoms with Gasteiger partial charge in [-0.05, 0) is 0 Å². The molecule has 0 amide bonds. The number of thiazole rings is 1. The molecule has 0 unspecified atom stereocenters. The van der Waals surface area contributed by atoms with Crippen LogP contribution in [0.5, 0.6) is 0 Å². The second-order valence-electron chi connectivity index (χ2n) is 11.9. The predicted octanol–water partition coefficient (Wildman–Crippen LogP) is 10.8. The van der Waals surface area contributed by atoms with Gasteiger partial charge in [0.25, 0.3) is 0 Å². The van der Waals surface area contributed by atoms with Gasteiger partial charge in [-0.1, -0.05) is 0 Å².